The molecule has 0 radical (unpaired) electrons. The van der Waals surface area contributed by atoms with Gasteiger partial charge in [-0.3, -0.25) is 4.79 Å². The zero-order valence-corrected chi connectivity index (χ0v) is 13.6. The molecule has 0 aliphatic rings. The van der Waals surface area contributed by atoms with Crippen LogP contribution in [0.1, 0.15) is 29.0 Å². The number of rotatable bonds is 4. The normalized spacial score (nSPS) is 11.9. The fraction of sp³-hybridized carbons (Fsp3) is 0.118. The number of para-hydroxylation sites is 1. The first-order valence-corrected chi connectivity index (χ1v) is 7.69. The Morgan fingerprint density at radius 3 is 2.71 bits per heavy atom. The monoisotopic (exact) mass is 342 g/mol. The number of hydrogen-bond acceptors (Lipinski definition) is 4. The van der Waals surface area contributed by atoms with Gasteiger partial charge in [-0.2, -0.15) is 0 Å². The number of amides is 1. The zero-order valence-electron chi connectivity index (χ0n) is 12.8. The highest BCUT2D eigenvalue weighted by molar-refractivity contribution is 6.32. The third kappa shape index (κ3) is 3.38. The summed E-state index contributed by atoms with van der Waals surface area (Å²) in [6, 6.07) is 13.6. The van der Waals surface area contributed by atoms with Crippen molar-refractivity contribution in [3.05, 3.63) is 71.0 Å². The Morgan fingerprint density at radius 2 is 2.00 bits per heavy atom. The van der Waals surface area contributed by atoms with Gasteiger partial charge in [0.2, 0.25) is 0 Å². The fourth-order valence-electron chi connectivity index (χ4n) is 2.18. The quantitative estimate of drug-likeness (QED) is 0.763. The molecule has 0 saturated heterocycles. The SMILES string of the molecule is CC(NC(=O)c1ccc(O)c(Cl)c1)c1cn(-c2ccccc2)nn1. The van der Waals surface area contributed by atoms with E-state index in [1.54, 1.807) is 10.9 Å². The number of carbonyl (C=O) groups is 1. The van der Waals surface area contributed by atoms with E-state index in [1.807, 2.05) is 37.3 Å². The molecule has 1 heterocycles. The van der Waals surface area contributed by atoms with Gasteiger partial charge in [0.1, 0.15) is 11.4 Å². The lowest BCUT2D eigenvalue weighted by atomic mass is 10.1. The first kappa shape index (κ1) is 16.0. The minimum absolute atomic E-state index is 0.0629. The van der Waals surface area contributed by atoms with Gasteiger partial charge in [0, 0.05) is 5.56 Å². The molecule has 24 heavy (non-hydrogen) atoms. The van der Waals surface area contributed by atoms with Crippen molar-refractivity contribution >= 4 is 17.5 Å². The summed E-state index contributed by atoms with van der Waals surface area (Å²) in [7, 11) is 0. The van der Waals surface area contributed by atoms with Crippen molar-refractivity contribution in [1.82, 2.24) is 20.3 Å². The summed E-state index contributed by atoms with van der Waals surface area (Å²) in [4.78, 5) is 12.3. The number of aromatic nitrogens is 3. The summed E-state index contributed by atoms with van der Waals surface area (Å²) < 4.78 is 1.65. The lowest BCUT2D eigenvalue weighted by molar-refractivity contribution is 0.0939. The van der Waals surface area contributed by atoms with Crippen LogP contribution in [0.4, 0.5) is 0 Å². The molecule has 0 saturated carbocycles. The average Bonchev–Trinajstić information content (AvgIpc) is 3.08. The maximum absolute atomic E-state index is 12.3. The number of halogens is 1. The lowest BCUT2D eigenvalue weighted by Crippen LogP contribution is -2.26. The van der Waals surface area contributed by atoms with E-state index in [4.69, 9.17) is 11.6 Å². The lowest BCUT2D eigenvalue weighted by Gasteiger charge is -2.11. The smallest absolute Gasteiger partial charge is 0.251 e. The van der Waals surface area contributed by atoms with Gasteiger partial charge in [0.05, 0.1) is 22.9 Å². The molecule has 1 amide bonds. The van der Waals surface area contributed by atoms with E-state index >= 15 is 0 Å². The van der Waals surface area contributed by atoms with E-state index in [1.165, 1.54) is 18.2 Å². The van der Waals surface area contributed by atoms with E-state index < -0.39 is 0 Å². The van der Waals surface area contributed by atoms with Crippen LogP contribution < -0.4 is 5.32 Å². The molecule has 7 heteroatoms. The van der Waals surface area contributed by atoms with Crippen molar-refractivity contribution in [2.24, 2.45) is 0 Å². The topological polar surface area (TPSA) is 80.0 Å². The molecule has 1 unspecified atom stereocenters. The number of nitrogens with zero attached hydrogens (tertiary/aromatic N) is 3. The molecule has 0 aliphatic heterocycles. The largest absolute Gasteiger partial charge is 0.506 e. The zero-order chi connectivity index (χ0) is 17.1. The molecule has 6 nitrogen and oxygen atoms in total. The number of nitrogens with one attached hydrogen (secondary N) is 1. The summed E-state index contributed by atoms with van der Waals surface area (Å²) in [5, 5.41) is 20.5. The van der Waals surface area contributed by atoms with E-state index in [-0.39, 0.29) is 22.7 Å². The molecule has 3 aromatic rings. The summed E-state index contributed by atoms with van der Waals surface area (Å²) in [5.74, 6) is -0.370. The van der Waals surface area contributed by atoms with Crippen molar-refractivity contribution in [3.8, 4) is 11.4 Å². The Morgan fingerprint density at radius 1 is 1.25 bits per heavy atom. The predicted molar refractivity (Wildman–Crippen MR) is 90.4 cm³/mol. The molecule has 1 atom stereocenters. The van der Waals surface area contributed by atoms with Gasteiger partial charge in [0.25, 0.3) is 5.91 Å². The van der Waals surface area contributed by atoms with Crippen LogP contribution in [0.3, 0.4) is 0 Å². The molecule has 0 bridgehead atoms. The van der Waals surface area contributed by atoms with Crippen LogP contribution in [0.15, 0.2) is 54.7 Å². The standard InChI is InChI=1S/C17H15ClN4O2/c1-11(19-17(24)12-7-8-16(23)14(18)9-12)15-10-22(21-20-15)13-5-3-2-4-6-13/h2-11,23H,1H3,(H,19,24). The molecular formula is C17H15ClN4O2. The molecule has 2 N–H and O–H groups in total. The molecular weight excluding hydrogens is 328 g/mol. The number of carbonyl (C=O) groups excluding carboxylic acids is 1. The van der Waals surface area contributed by atoms with E-state index in [9.17, 15) is 9.90 Å². The van der Waals surface area contributed by atoms with E-state index in [0.717, 1.165) is 5.69 Å². The molecule has 1 aromatic heterocycles. The van der Waals surface area contributed by atoms with Gasteiger partial charge < -0.3 is 10.4 Å². The Balaban J connectivity index is 1.73. The van der Waals surface area contributed by atoms with Crippen molar-refractivity contribution in [2.45, 2.75) is 13.0 Å². The van der Waals surface area contributed by atoms with Gasteiger partial charge in [-0.05, 0) is 37.3 Å². The highest BCUT2D eigenvalue weighted by Crippen LogP contribution is 2.24. The van der Waals surface area contributed by atoms with Crippen LogP contribution in [0.5, 0.6) is 5.75 Å². The van der Waals surface area contributed by atoms with Gasteiger partial charge in [-0.1, -0.05) is 35.0 Å². The van der Waals surface area contributed by atoms with Gasteiger partial charge in [0.15, 0.2) is 0 Å². The number of benzene rings is 2. The van der Waals surface area contributed by atoms with Crippen LogP contribution in [-0.2, 0) is 0 Å². The van der Waals surface area contributed by atoms with Crippen LogP contribution in [0.25, 0.3) is 5.69 Å². The van der Waals surface area contributed by atoms with Crippen molar-refractivity contribution in [3.63, 3.8) is 0 Å². The van der Waals surface area contributed by atoms with Crippen LogP contribution in [0.2, 0.25) is 5.02 Å². The van der Waals surface area contributed by atoms with Crippen molar-refractivity contribution < 1.29 is 9.90 Å². The molecule has 122 valence electrons. The Bertz CT molecular complexity index is 864. The Kier molecular flexibility index (Phi) is 4.48. The second-order valence-electron chi connectivity index (χ2n) is 5.28. The van der Waals surface area contributed by atoms with Crippen LogP contribution in [0, 0.1) is 0 Å². The maximum Gasteiger partial charge on any atom is 0.251 e. The van der Waals surface area contributed by atoms with Gasteiger partial charge >= 0.3 is 0 Å². The summed E-state index contributed by atoms with van der Waals surface area (Å²) >= 11 is 5.83. The number of aromatic hydroxyl groups is 1. The third-order valence-electron chi connectivity index (χ3n) is 3.53. The third-order valence-corrected chi connectivity index (χ3v) is 3.84. The van der Waals surface area contributed by atoms with Crippen LogP contribution in [-0.4, -0.2) is 26.0 Å². The number of hydrogen-bond donors (Lipinski definition) is 2. The Labute approximate surface area is 143 Å². The summed E-state index contributed by atoms with van der Waals surface area (Å²) in [5.41, 5.74) is 1.89. The molecule has 2 aromatic carbocycles. The van der Waals surface area contributed by atoms with Crippen molar-refractivity contribution in [2.75, 3.05) is 0 Å². The van der Waals surface area contributed by atoms with E-state index in [2.05, 4.69) is 15.6 Å². The Hall–Kier alpha value is -2.86. The number of phenols is 1. The molecule has 0 fully saturated rings. The first-order chi connectivity index (χ1) is 11.5. The fourth-order valence-corrected chi connectivity index (χ4v) is 2.36. The summed E-state index contributed by atoms with van der Waals surface area (Å²) in [6.07, 6.45) is 1.77. The minimum Gasteiger partial charge on any atom is -0.506 e. The predicted octanol–water partition coefficient (Wildman–Crippen LogP) is 3.12. The van der Waals surface area contributed by atoms with Crippen LogP contribution >= 0.6 is 11.6 Å². The molecule has 0 aliphatic carbocycles. The van der Waals surface area contributed by atoms with Crippen molar-refractivity contribution in [1.29, 1.82) is 0 Å². The first-order valence-electron chi connectivity index (χ1n) is 7.31. The van der Waals surface area contributed by atoms with Gasteiger partial charge in [-0.15, -0.1) is 5.10 Å². The minimum atomic E-state index is -0.331. The molecule has 0 spiro atoms. The summed E-state index contributed by atoms with van der Waals surface area (Å²) in [6.45, 7) is 1.82. The highest BCUT2D eigenvalue weighted by atomic mass is 35.5. The molecule has 3 rings (SSSR count). The van der Waals surface area contributed by atoms with E-state index in [0.29, 0.717) is 11.3 Å². The van der Waals surface area contributed by atoms with Gasteiger partial charge in [-0.25, -0.2) is 4.68 Å². The second-order valence-corrected chi connectivity index (χ2v) is 5.69. The highest BCUT2D eigenvalue weighted by Gasteiger charge is 2.15. The maximum atomic E-state index is 12.3. The number of phenolic OH excluding ortho intramolecular Hbond substituents is 1. The second kappa shape index (κ2) is 6.72. The average molecular weight is 343 g/mol.